The molecule has 2 aliphatic heterocycles. The third-order valence-corrected chi connectivity index (χ3v) is 8.36. The van der Waals surface area contributed by atoms with Crippen LogP contribution in [0.4, 0.5) is 0 Å². The maximum atomic E-state index is 13.2. The van der Waals surface area contributed by atoms with Crippen molar-refractivity contribution in [2.24, 2.45) is 0 Å². The van der Waals surface area contributed by atoms with Crippen LogP contribution in [0.5, 0.6) is 0 Å². The summed E-state index contributed by atoms with van der Waals surface area (Å²) in [4.78, 5) is 43.9. The summed E-state index contributed by atoms with van der Waals surface area (Å²) in [5.74, 6) is -1.56. The van der Waals surface area contributed by atoms with Crippen molar-refractivity contribution in [1.82, 2.24) is 24.9 Å². The number of carboxylic acid groups (broad SMARTS) is 1. The number of thioether (sulfide) groups is 2. The summed E-state index contributed by atoms with van der Waals surface area (Å²) in [6, 6.07) is -0.628. The lowest BCUT2D eigenvalue weighted by molar-refractivity contribution is -0.192. The highest BCUT2D eigenvalue weighted by molar-refractivity contribution is 8.01. The lowest BCUT2D eigenvalue weighted by Crippen LogP contribution is -2.81. The van der Waals surface area contributed by atoms with Gasteiger partial charge >= 0.3 is 5.97 Å². The van der Waals surface area contributed by atoms with Crippen LogP contribution >= 0.6 is 47.3 Å². The van der Waals surface area contributed by atoms with Gasteiger partial charge in [-0.15, -0.1) is 11.8 Å². The van der Waals surface area contributed by atoms with E-state index in [4.69, 9.17) is 17.0 Å². The molecule has 174 valence electrons. The number of hydrogen-bond donors (Lipinski definition) is 3. The Morgan fingerprint density at radius 3 is 2.81 bits per heavy atom. The fraction of sp³-hybridized carbons (Fsp3) is 0.556. The van der Waals surface area contributed by atoms with E-state index in [2.05, 4.69) is 20.0 Å². The van der Waals surface area contributed by atoms with Gasteiger partial charge in [-0.3, -0.25) is 14.5 Å². The molecule has 2 amide bonds. The zero-order valence-corrected chi connectivity index (χ0v) is 20.9. The summed E-state index contributed by atoms with van der Waals surface area (Å²) in [5, 5.41) is 15.4. The Morgan fingerprint density at radius 1 is 1.50 bits per heavy atom. The van der Waals surface area contributed by atoms with Gasteiger partial charge < -0.3 is 20.5 Å². The standard InChI is InChI=1S/C18H23N5O5S4/c1-4-10(20-11(29)5-2)13(24)21-18(28-3)15(27)23-12(14(25)26)9(6-30-16(18)23)7-31-17-19-8-32-22-17/h8,10,16H,4-7H2,1-3H3,(H,20,29)(H,21,24)(H,25,26)/t10?,16?,18-/m0/s1. The molecule has 10 nitrogen and oxygen atoms in total. The third-order valence-electron chi connectivity index (χ3n) is 5.04. The van der Waals surface area contributed by atoms with E-state index >= 15 is 0 Å². The molecule has 0 aromatic carbocycles. The van der Waals surface area contributed by atoms with Crippen molar-refractivity contribution in [3.05, 3.63) is 16.8 Å². The van der Waals surface area contributed by atoms with Crippen LogP contribution in [-0.2, 0) is 19.1 Å². The fourth-order valence-corrected chi connectivity index (χ4v) is 6.47. The number of aliphatic carboxylic acids is 1. The number of methoxy groups -OCH3 is 1. The minimum Gasteiger partial charge on any atom is -0.477 e. The second-order valence-corrected chi connectivity index (χ2v) is 10.0. The lowest BCUT2D eigenvalue weighted by Gasteiger charge is -2.56. The van der Waals surface area contributed by atoms with Crippen LogP contribution in [-0.4, -0.2) is 77.9 Å². The molecule has 1 fully saturated rings. The Balaban J connectivity index is 1.80. The molecule has 2 aliphatic rings. The maximum absolute atomic E-state index is 13.2. The molecule has 0 saturated carbocycles. The van der Waals surface area contributed by atoms with E-state index in [0.29, 0.717) is 40.1 Å². The smallest absolute Gasteiger partial charge is 0.352 e. The zero-order chi connectivity index (χ0) is 23.5. The first-order chi connectivity index (χ1) is 15.3. The molecular formula is C18H23N5O5S4. The molecule has 0 radical (unpaired) electrons. The van der Waals surface area contributed by atoms with E-state index in [9.17, 15) is 19.5 Å². The molecular weight excluding hydrogens is 494 g/mol. The molecule has 1 aromatic rings. The third kappa shape index (κ3) is 4.64. The predicted octanol–water partition coefficient (Wildman–Crippen LogP) is 1.45. The van der Waals surface area contributed by atoms with E-state index in [1.54, 1.807) is 5.51 Å². The Hall–Kier alpha value is -1.74. The van der Waals surface area contributed by atoms with Crippen LogP contribution < -0.4 is 10.6 Å². The fourth-order valence-electron chi connectivity index (χ4n) is 3.35. The second-order valence-electron chi connectivity index (χ2n) is 6.91. The van der Waals surface area contributed by atoms with E-state index in [-0.39, 0.29) is 5.70 Å². The molecule has 3 rings (SSSR count). The van der Waals surface area contributed by atoms with Crippen molar-refractivity contribution >= 4 is 70.0 Å². The van der Waals surface area contributed by atoms with Crippen LogP contribution in [0.25, 0.3) is 0 Å². The number of carbonyl (C=O) groups excluding carboxylic acids is 2. The molecule has 32 heavy (non-hydrogen) atoms. The van der Waals surface area contributed by atoms with E-state index < -0.39 is 34.9 Å². The molecule has 3 N–H and O–H groups in total. The van der Waals surface area contributed by atoms with Crippen LogP contribution in [0.2, 0.25) is 0 Å². The van der Waals surface area contributed by atoms with Crippen molar-refractivity contribution in [1.29, 1.82) is 0 Å². The van der Waals surface area contributed by atoms with Crippen molar-refractivity contribution in [3.63, 3.8) is 0 Å². The maximum Gasteiger partial charge on any atom is 0.352 e. The minimum absolute atomic E-state index is 0.0827. The number of aromatic nitrogens is 2. The Morgan fingerprint density at radius 2 is 2.25 bits per heavy atom. The SMILES string of the molecule is CCC(=S)NC(CC)C(=O)N[C@]1(OC)C(=O)N2C(C(=O)O)=C(CSc3ncsn3)CSC21. The number of carbonyl (C=O) groups is 3. The van der Waals surface area contributed by atoms with Gasteiger partial charge in [-0.1, -0.05) is 37.8 Å². The molecule has 14 heteroatoms. The topological polar surface area (TPSA) is 134 Å². The summed E-state index contributed by atoms with van der Waals surface area (Å²) in [7, 11) is 1.32. The summed E-state index contributed by atoms with van der Waals surface area (Å²) in [6.45, 7) is 3.70. The summed E-state index contributed by atoms with van der Waals surface area (Å²) in [6.07, 6.45) is 1.04. The van der Waals surface area contributed by atoms with E-state index in [0.717, 1.165) is 0 Å². The van der Waals surface area contributed by atoms with Gasteiger partial charge in [0, 0.05) is 18.6 Å². The average molecular weight is 518 g/mol. The highest BCUT2D eigenvalue weighted by atomic mass is 32.2. The van der Waals surface area contributed by atoms with Crippen molar-refractivity contribution in [3.8, 4) is 0 Å². The predicted molar refractivity (Wildman–Crippen MR) is 126 cm³/mol. The zero-order valence-electron chi connectivity index (χ0n) is 17.6. The van der Waals surface area contributed by atoms with Gasteiger partial charge in [0.25, 0.3) is 11.6 Å². The first-order valence-electron chi connectivity index (χ1n) is 9.75. The number of rotatable bonds is 10. The van der Waals surface area contributed by atoms with Crippen molar-refractivity contribution in [2.45, 2.75) is 49.0 Å². The largest absolute Gasteiger partial charge is 0.477 e. The van der Waals surface area contributed by atoms with E-state index in [1.807, 2.05) is 13.8 Å². The number of nitrogens with one attached hydrogen (secondary N) is 2. The molecule has 0 bridgehead atoms. The molecule has 0 spiro atoms. The number of thiocarbonyl (C=S) groups is 1. The van der Waals surface area contributed by atoms with Gasteiger partial charge in [0.2, 0.25) is 5.91 Å². The van der Waals surface area contributed by atoms with Gasteiger partial charge in [0.05, 0.1) is 4.99 Å². The van der Waals surface area contributed by atoms with E-state index in [1.165, 1.54) is 47.1 Å². The van der Waals surface area contributed by atoms with Crippen LogP contribution in [0.15, 0.2) is 21.9 Å². The van der Waals surface area contributed by atoms with Gasteiger partial charge in [0.15, 0.2) is 5.16 Å². The van der Waals surface area contributed by atoms with Crippen molar-refractivity contribution in [2.75, 3.05) is 18.6 Å². The molecule has 3 atom stereocenters. The van der Waals surface area contributed by atoms with Crippen molar-refractivity contribution < 1.29 is 24.2 Å². The van der Waals surface area contributed by atoms with Gasteiger partial charge in [-0.25, -0.2) is 9.78 Å². The number of fused-ring (bicyclic) bond motifs is 1. The number of carboxylic acids is 1. The number of ether oxygens (including phenoxy) is 1. The quantitative estimate of drug-likeness (QED) is 0.180. The highest BCUT2D eigenvalue weighted by Gasteiger charge is 2.66. The summed E-state index contributed by atoms with van der Waals surface area (Å²) in [5.41, 5.74) is 0.464. The number of β-lactam (4-membered cyclic amide) rings is 1. The van der Waals surface area contributed by atoms with Gasteiger partial charge in [-0.2, -0.15) is 4.37 Å². The minimum atomic E-state index is -1.64. The highest BCUT2D eigenvalue weighted by Crippen LogP contribution is 2.47. The Labute approximate surface area is 203 Å². The number of amides is 2. The number of hydrogen-bond acceptors (Lipinski definition) is 10. The first-order valence-corrected chi connectivity index (χ1v) is 13.0. The lowest BCUT2D eigenvalue weighted by atomic mass is 9.97. The first kappa shape index (κ1) is 24.9. The molecule has 3 heterocycles. The summed E-state index contributed by atoms with van der Waals surface area (Å²) >= 11 is 9.03. The van der Waals surface area contributed by atoms with Crippen LogP contribution in [0.1, 0.15) is 26.7 Å². The monoisotopic (exact) mass is 517 g/mol. The Kier molecular flexibility index (Phi) is 8.14. The Bertz CT molecular complexity index is 940. The summed E-state index contributed by atoms with van der Waals surface area (Å²) < 4.78 is 9.60. The molecule has 2 unspecified atom stereocenters. The van der Waals surface area contributed by atoms with Gasteiger partial charge in [-0.05, 0) is 29.9 Å². The normalized spacial score (nSPS) is 23.3. The molecule has 1 aromatic heterocycles. The average Bonchev–Trinajstić information content (AvgIpc) is 3.31. The van der Waals surface area contributed by atoms with Crippen LogP contribution in [0, 0.1) is 0 Å². The second kappa shape index (κ2) is 10.5. The molecule has 1 saturated heterocycles. The number of nitrogens with zero attached hydrogens (tertiary/aromatic N) is 3. The molecule has 0 aliphatic carbocycles. The van der Waals surface area contributed by atoms with Gasteiger partial charge in [0.1, 0.15) is 22.6 Å². The van der Waals surface area contributed by atoms with Crippen LogP contribution in [0.3, 0.4) is 0 Å².